The molecule has 42 heavy (non-hydrogen) atoms. The van der Waals surface area contributed by atoms with Crippen molar-refractivity contribution in [2.45, 2.75) is 17.6 Å². The molecule has 5 aromatic rings. The number of nitrogen functional groups attached to an aromatic ring is 1. The summed E-state index contributed by atoms with van der Waals surface area (Å²) in [5.41, 5.74) is 5.14. The Labute approximate surface area is 250 Å². The second-order valence-electron chi connectivity index (χ2n) is 9.41. The van der Waals surface area contributed by atoms with Crippen LogP contribution in [0.1, 0.15) is 21.6 Å². The summed E-state index contributed by atoms with van der Waals surface area (Å²) >= 11 is 2.09. The van der Waals surface area contributed by atoms with E-state index in [0.717, 1.165) is 15.9 Å². The summed E-state index contributed by atoms with van der Waals surface area (Å²) in [4.78, 5) is 33.2. The van der Waals surface area contributed by atoms with Crippen LogP contribution >= 0.6 is 22.6 Å². The van der Waals surface area contributed by atoms with Gasteiger partial charge >= 0.3 is 6.18 Å². The number of H-pyrrole nitrogens is 1. The maximum atomic E-state index is 14.1. The summed E-state index contributed by atoms with van der Waals surface area (Å²) in [6.07, 6.45) is -1.06. The van der Waals surface area contributed by atoms with Gasteiger partial charge in [-0.2, -0.15) is 13.2 Å². The summed E-state index contributed by atoms with van der Waals surface area (Å²) in [6.45, 7) is 0.0683. The van der Waals surface area contributed by atoms with Gasteiger partial charge in [-0.15, -0.1) is 0 Å². The number of nitrogens with zero attached hydrogens (tertiary/aromatic N) is 2. The molecule has 0 bridgehead atoms. The van der Waals surface area contributed by atoms with Crippen molar-refractivity contribution in [3.05, 3.63) is 104 Å². The molecule has 0 spiro atoms. The average molecular weight is 707 g/mol. The van der Waals surface area contributed by atoms with Gasteiger partial charge in [0.05, 0.1) is 16.1 Å². The Morgan fingerprint density at radius 2 is 1.88 bits per heavy atom. The third-order valence-corrected chi connectivity index (χ3v) is 8.29. The average Bonchev–Trinajstić information content (AvgIpc) is 3.20. The van der Waals surface area contributed by atoms with Crippen LogP contribution in [0.2, 0.25) is 0 Å². The lowest BCUT2D eigenvalue weighted by atomic mass is 10.0. The number of carbonyl (C=O) groups is 1. The van der Waals surface area contributed by atoms with Crippen LogP contribution in [0, 0.1) is 3.57 Å². The smallest absolute Gasteiger partial charge is 0.384 e. The number of carbonyl (C=O) groups excluding carboxylic acids is 1. The van der Waals surface area contributed by atoms with E-state index in [1.165, 1.54) is 18.5 Å². The predicted molar refractivity (Wildman–Crippen MR) is 161 cm³/mol. The monoisotopic (exact) mass is 707 g/mol. The molecule has 0 atom stereocenters. The highest BCUT2D eigenvalue weighted by Gasteiger charge is 2.33. The minimum atomic E-state index is -4.80. The Morgan fingerprint density at radius 3 is 2.55 bits per heavy atom. The molecule has 4 N–H and O–H groups in total. The molecule has 2 aromatic carbocycles. The van der Waals surface area contributed by atoms with Crippen molar-refractivity contribution in [2.24, 2.45) is 0 Å². The van der Waals surface area contributed by atoms with Crippen LogP contribution < -0.4 is 16.6 Å². The lowest BCUT2D eigenvalue weighted by molar-refractivity contribution is -0.137. The molecular weight excluding hydrogens is 686 g/mol. The number of hydrogen-bond donors (Lipinski definition) is 3. The number of nitrogens with one attached hydrogen (secondary N) is 2. The van der Waals surface area contributed by atoms with Crippen molar-refractivity contribution in [3.63, 3.8) is 0 Å². The van der Waals surface area contributed by atoms with Gasteiger partial charge in [-0.1, -0.05) is 0 Å². The lowest BCUT2D eigenvalue weighted by Gasteiger charge is -2.16. The topological polar surface area (TPSA) is 140 Å². The van der Waals surface area contributed by atoms with Crippen molar-refractivity contribution in [1.82, 2.24) is 14.5 Å². The number of pyridine rings is 2. The zero-order valence-corrected chi connectivity index (χ0v) is 24.6. The van der Waals surface area contributed by atoms with E-state index in [1.807, 2.05) is 0 Å². The number of halogens is 4. The molecule has 3 heterocycles. The quantitative estimate of drug-likeness (QED) is 0.205. The summed E-state index contributed by atoms with van der Waals surface area (Å²) in [5, 5.41) is 2.92. The predicted octanol–water partition coefficient (Wildman–Crippen LogP) is 5.30. The van der Waals surface area contributed by atoms with E-state index < -0.39 is 43.6 Å². The molecule has 0 saturated heterocycles. The highest BCUT2D eigenvalue weighted by Crippen LogP contribution is 2.37. The van der Waals surface area contributed by atoms with Crippen molar-refractivity contribution in [2.75, 3.05) is 17.3 Å². The third-order valence-electron chi connectivity index (χ3n) is 6.47. The number of aromatic amines is 1. The second-order valence-corrected chi connectivity index (χ2v) is 12.6. The van der Waals surface area contributed by atoms with E-state index in [4.69, 9.17) is 5.73 Å². The maximum Gasteiger partial charge on any atom is 0.416 e. The van der Waals surface area contributed by atoms with Crippen LogP contribution in [-0.4, -0.2) is 35.1 Å². The summed E-state index contributed by atoms with van der Waals surface area (Å²) in [5.74, 6) is -0.697. The first-order chi connectivity index (χ1) is 19.7. The number of anilines is 2. The summed E-state index contributed by atoms with van der Waals surface area (Å²) in [6, 6.07) is 13.7. The first kappa shape index (κ1) is 29.3. The molecule has 0 fully saturated rings. The number of benzene rings is 2. The van der Waals surface area contributed by atoms with E-state index in [9.17, 15) is 31.2 Å². The largest absolute Gasteiger partial charge is 0.416 e. The zero-order chi connectivity index (χ0) is 30.4. The lowest BCUT2D eigenvalue weighted by Crippen LogP contribution is -2.21. The second kappa shape index (κ2) is 10.9. The van der Waals surface area contributed by atoms with Crippen molar-refractivity contribution >= 4 is 60.7 Å². The summed E-state index contributed by atoms with van der Waals surface area (Å²) in [7, 11) is -4.05. The van der Waals surface area contributed by atoms with Crippen LogP contribution in [0.25, 0.3) is 22.0 Å². The van der Waals surface area contributed by atoms with Gasteiger partial charge in [0.1, 0.15) is 11.5 Å². The van der Waals surface area contributed by atoms with Gasteiger partial charge in [-0.3, -0.25) is 9.59 Å². The van der Waals surface area contributed by atoms with Crippen LogP contribution in [0.15, 0.2) is 82.7 Å². The van der Waals surface area contributed by atoms with Crippen molar-refractivity contribution < 1.29 is 26.4 Å². The molecule has 1 amide bonds. The SMILES string of the molecule is CS(=O)(=O)c1ccc(C(F)(F)F)cc1NC(=O)c1c(-c2ccc[nH]c2=O)c2cc(I)ccc2n1Cc1ccnc(N)c1. The molecule has 14 heteroatoms. The van der Waals surface area contributed by atoms with Gasteiger partial charge in [-0.05, 0) is 88.8 Å². The number of rotatable bonds is 6. The minimum absolute atomic E-state index is 0.0683. The molecule has 0 aliphatic heterocycles. The van der Waals surface area contributed by atoms with E-state index >= 15 is 0 Å². The molecule has 0 unspecified atom stereocenters. The Kier molecular flexibility index (Phi) is 7.61. The van der Waals surface area contributed by atoms with Gasteiger partial charge in [0.2, 0.25) is 0 Å². The molecular formula is C28H21F3IN5O4S. The minimum Gasteiger partial charge on any atom is -0.384 e. The number of amides is 1. The Hall–Kier alpha value is -4.18. The number of hydrogen-bond acceptors (Lipinski definition) is 6. The van der Waals surface area contributed by atoms with Gasteiger partial charge < -0.3 is 20.6 Å². The number of aromatic nitrogens is 3. The Morgan fingerprint density at radius 1 is 1.12 bits per heavy atom. The zero-order valence-electron chi connectivity index (χ0n) is 21.7. The van der Waals surface area contributed by atoms with Crippen molar-refractivity contribution in [1.29, 1.82) is 0 Å². The standard InChI is InChI=1S/C28H21F3IN5O4S/c1-42(40,41)22-7-4-16(28(29,30)31)12-20(22)36-27(39)25-24(18-3-2-9-35-26(18)38)19-13-17(32)5-6-21(19)37(25)14-15-8-10-34-23(33)11-15/h2-13H,14H2,1H3,(H2,33,34)(H,35,38)(H,36,39). The van der Waals surface area contributed by atoms with E-state index in [2.05, 4.69) is 37.9 Å². The highest BCUT2D eigenvalue weighted by molar-refractivity contribution is 14.1. The van der Waals surface area contributed by atoms with Gasteiger partial charge in [0, 0.05) is 50.8 Å². The number of nitrogens with two attached hydrogens (primary N) is 1. The first-order valence-corrected chi connectivity index (χ1v) is 15.1. The molecule has 9 nitrogen and oxygen atoms in total. The summed E-state index contributed by atoms with van der Waals surface area (Å²) < 4.78 is 68.1. The number of fused-ring (bicyclic) bond motifs is 1. The number of alkyl halides is 3. The molecule has 0 saturated carbocycles. The molecule has 0 aliphatic carbocycles. The van der Waals surface area contributed by atoms with Crippen LogP contribution in [-0.2, 0) is 22.6 Å². The normalized spacial score (nSPS) is 12.0. The van der Waals surface area contributed by atoms with Crippen LogP contribution in [0.4, 0.5) is 24.7 Å². The van der Waals surface area contributed by atoms with Gasteiger partial charge in [0.25, 0.3) is 11.5 Å². The Bertz CT molecular complexity index is 2040. The van der Waals surface area contributed by atoms with E-state index in [0.29, 0.717) is 28.6 Å². The molecule has 5 rings (SSSR count). The fraction of sp³-hybridized carbons (Fsp3) is 0.107. The highest BCUT2D eigenvalue weighted by atomic mass is 127. The Balaban J connectivity index is 1.80. The van der Waals surface area contributed by atoms with Crippen LogP contribution in [0.5, 0.6) is 0 Å². The molecule has 3 aromatic heterocycles. The third kappa shape index (κ3) is 5.76. The molecule has 0 radical (unpaired) electrons. The van der Waals surface area contributed by atoms with Crippen LogP contribution in [0.3, 0.4) is 0 Å². The molecule has 216 valence electrons. The maximum absolute atomic E-state index is 14.1. The van der Waals surface area contributed by atoms with Gasteiger partial charge in [-0.25, -0.2) is 13.4 Å². The fourth-order valence-corrected chi connectivity index (χ4v) is 6.02. The van der Waals surface area contributed by atoms with E-state index in [-0.39, 0.29) is 29.2 Å². The first-order valence-electron chi connectivity index (χ1n) is 12.2. The fourth-order valence-electron chi connectivity index (χ4n) is 4.70. The molecule has 0 aliphatic rings. The number of sulfone groups is 1. The van der Waals surface area contributed by atoms with E-state index in [1.54, 1.807) is 41.0 Å². The van der Waals surface area contributed by atoms with Crippen molar-refractivity contribution in [3.8, 4) is 11.1 Å². The van der Waals surface area contributed by atoms with Gasteiger partial charge in [0.15, 0.2) is 9.84 Å².